The van der Waals surface area contributed by atoms with Gasteiger partial charge in [0.15, 0.2) is 0 Å². The van der Waals surface area contributed by atoms with Crippen LogP contribution in [-0.2, 0) is 54.1 Å². The molecule has 4 aliphatic heterocycles. The van der Waals surface area contributed by atoms with Crippen molar-refractivity contribution in [1.82, 2.24) is 10.2 Å². The number of hydrogen-bond donors (Lipinski definition) is 2. The fourth-order valence-electron chi connectivity index (χ4n) is 12.7. The summed E-state index contributed by atoms with van der Waals surface area (Å²) in [6, 6.07) is 17.4. The average Bonchev–Trinajstić information content (AvgIpc) is 3.36. The fourth-order valence-corrected chi connectivity index (χ4v) is 13.0. The molecule has 4 atom stereocenters. The summed E-state index contributed by atoms with van der Waals surface area (Å²) >= 11 is 0. The highest BCUT2D eigenvalue weighted by Gasteiger charge is 2.42. The van der Waals surface area contributed by atoms with Gasteiger partial charge in [-0.25, -0.2) is 0 Å². The molecule has 4 unspecified atom stereocenters. The molecule has 418 valence electrons. The summed E-state index contributed by atoms with van der Waals surface area (Å²) in [5.74, 6) is -0.00637. The molecule has 4 aromatic rings. The first kappa shape index (κ1) is 57.5. The first-order valence-corrected chi connectivity index (χ1v) is 29.1. The zero-order valence-corrected chi connectivity index (χ0v) is 44.8. The molecule has 6 fully saturated rings. The van der Waals surface area contributed by atoms with E-state index in [-0.39, 0.29) is 71.0 Å². The second kappa shape index (κ2) is 24.6. The number of carbonyl (C=O) groups excluding carboxylic acids is 1. The van der Waals surface area contributed by atoms with Crippen LogP contribution in [0.2, 0.25) is 0 Å². The molecule has 0 radical (unpaired) electrons. The number of halogens is 6. The molecule has 6 aliphatic rings. The van der Waals surface area contributed by atoms with E-state index in [2.05, 4.69) is 24.1 Å². The molecular formula is C58H74F6N2O9S. The number of benzene rings is 4. The van der Waals surface area contributed by atoms with Crippen molar-refractivity contribution in [1.29, 1.82) is 0 Å². The number of methoxy groups -OCH3 is 1. The van der Waals surface area contributed by atoms with Crippen LogP contribution in [0.1, 0.15) is 152 Å². The first-order chi connectivity index (χ1) is 36.0. The Kier molecular flexibility index (Phi) is 18.6. The molecule has 18 heteroatoms. The van der Waals surface area contributed by atoms with Crippen LogP contribution in [-0.4, -0.2) is 80.1 Å². The van der Waals surface area contributed by atoms with Gasteiger partial charge in [0.05, 0.1) is 44.0 Å². The maximum atomic E-state index is 14.3. The molecule has 0 aromatic heterocycles. The Morgan fingerprint density at radius 2 is 1.08 bits per heavy atom. The summed E-state index contributed by atoms with van der Waals surface area (Å²) in [7, 11) is -2.21. The van der Waals surface area contributed by atoms with E-state index in [9.17, 15) is 49.5 Å². The van der Waals surface area contributed by atoms with Crippen molar-refractivity contribution in [3.05, 3.63) is 82.9 Å². The van der Waals surface area contributed by atoms with Crippen LogP contribution in [0.3, 0.4) is 0 Å². The van der Waals surface area contributed by atoms with Crippen molar-refractivity contribution >= 4 is 43.6 Å². The van der Waals surface area contributed by atoms with Gasteiger partial charge in [-0.2, -0.15) is 34.8 Å². The Morgan fingerprint density at radius 3 is 1.53 bits per heavy atom. The van der Waals surface area contributed by atoms with Crippen LogP contribution >= 0.6 is 0 Å². The van der Waals surface area contributed by atoms with Crippen molar-refractivity contribution < 1.29 is 67.8 Å². The highest BCUT2D eigenvalue weighted by molar-refractivity contribution is 7.85. The Morgan fingerprint density at radius 1 is 0.632 bits per heavy atom. The van der Waals surface area contributed by atoms with Gasteiger partial charge in [-0.15, -0.1) is 0 Å². The summed E-state index contributed by atoms with van der Waals surface area (Å²) < 4.78 is 128. The van der Waals surface area contributed by atoms with Crippen LogP contribution < -0.4 is 14.8 Å². The van der Waals surface area contributed by atoms with Crippen molar-refractivity contribution in [3.63, 3.8) is 0 Å². The van der Waals surface area contributed by atoms with Gasteiger partial charge < -0.3 is 24.6 Å². The number of esters is 1. The van der Waals surface area contributed by atoms with Gasteiger partial charge in [-0.1, -0.05) is 63.1 Å². The topological polar surface area (TPSA) is 141 Å². The summed E-state index contributed by atoms with van der Waals surface area (Å²) in [6.07, 6.45) is 8.14. The molecule has 0 spiro atoms. The third kappa shape index (κ3) is 14.9. The normalized spacial score (nSPS) is 28.0. The number of nitrogens with one attached hydrogen (secondary N) is 1. The number of nitrogens with zero attached hydrogens (tertiary/aromatic N) is 1. The lowest BCUT2D eigenvalue weighted by Gasteiger charge is -2.48. The number of fused-ring (bicyclic) bond motifs is 6. The number of rotatable bonds is 11. The monoisotopic (exact) mass is 1090 g/mol. The first-order valence-electron chi connectivity index (χ1n) is 27.3. The lowest BCUT2D eigenvalue weighted by atomic mass is 9.78. The Labute approximate surface area is 442 Å². The third-order valence-electron chi connectivity index (χ3n) is 16.7. The number of ether oxygens (including phenoxy) is 3. The minimum absolute atomic E-state index is 0.0154. The number of carboxylic acids is 1. The van der Waals surface area contributed by atoms with Gasteiger partial charge in [0, 0.05) is 30.7 Å². The standard InChI is InChI=1S/C28H34F3NO3.C20H23F3O4S.C10H17NO2/c1-17-5-10-23(11-6-17)35-25-12-9-19-8-7-18(13-24(19)26(25)28(29,30)31)16-32-21-3-2-4-22(32)15-20(14-21)27(33)34;1-13-3-8-16(9-4-13)27-18-10-7-15-6-5-14(12-26-28(2,24)25)11-17(15)19(18)20(21,22)23;1-13-10(12)7-5-8-3-2-4-9(6-7)11-8/h7-9,12-13,17,20-23H,2-6,10-11,14-16H2,1H3,(H,33,34);5-7,10-11,13,16H,3-4,8-9,12H2,1-2H3;7-9,11H,2-6H2,1H3. The molecule has 11 nitrogen and oxygen atoms in total. The van der Waals surface area contributed by atoms with E-state index in [1.54, 1.807) is 30.3 Å². The Bertz CT molecular complexity index is 2730. The number of aliphatic carboxylic acids is 1. The van der Waals surface area contributed by atoms with E-state index in [4.69, 9.17) is 18.4 Å². The van der Waals surface area contributed by atoms with E-state index < -0.39 is 39.6 Å². The zero-order valence-electron chi connectivity index (χ0n) is 44.0. The Hall–Kier alpha value is -4.65. The smallest absolute Gasteiger partial charge is 0.420 e. The average molecular weight is 1090 g/mol. The van der Waals surface area contributed by atoms with Crippen molar-refractivity contribution in [3.8, 4) is 11.5 Å². The zero-order chi connectivity index (χ0) is 54.5. The minimum Gasteiger partial charge on any atom is -0.490 e. The molecule has 2 saturated carbocycles. The van der Waals surface area contributed by atoms with E-state index in [1.807, 2.05) is 6.07 Å². The van der Waals surface area contributed by atoms with Crippen LogP contribution in [0, 0.1) is 23.7 Å². The minimum atomic E-state index is -4.60. The maximum Gasteiger partial charge on any atom is 0.420 e. The van der Waals surface area contributed by atoms with Crippen molar-refractivity contribution in [2.75, 3.05) is 13.4 Å². The van der Waals surface area contributed by atoms with Gasteiger partial charge in [-0.05, 0) is 172 Å². The van der Waals surface area contributed by atoms with Crippen molar-refractivity contribution in [2.24, 2.45) is 23.7 Å². The molecule has 4 saturated heterocycles. The SMILES string of the molecule is CC1CCC(Oc2ccc3ccc(CN4C5CCCC4CC(C(=O)O)C5)cc3c2C(F)(F)F)CC1.CC1CCC(Oc2ccc3ccc(COS(C)(=O)=O)cc3c2C(F)(F)F)CC1.COC(=O)C1CC2CCCC(C1)N2. The van der Waals surface area contributed by atoms with E-state index in [1.165, 1.54) is 50.6 Å². The summed E-state index contributed by atoms with van der Waals surface area (Å²) in [6.45, 7) is 4.53. The number of alkyl halides is 6. The quantitative estimate of drug-likeness (QED) is 0.0842. The molecule has 10 rings (SSSR count). The predicted molar refractivity (Wildman–Crippen MR) is 278 cm³/mol. The maximum absolute atomic E-state index is 14.3. The largest absolute Gasteiger partial charge is 0.490 e. The Balaban J connectivity index is 0.000000166. The van der Waals surface area contributed by atoms with Gasteiger partial charge in [0.1, 0.15) is 22.6 Å². The van der Waals surface area contributed by atoms with Crippen molar-refractivity contribution in [2.45, 2.75) is 191 Å². The van der Waals surface area contributed by atoms with E-state index in [0.29, 0.717) is 59.6 Å². The summed E-state index contributed by atoms with van der Waals surface area (Å²) in [5, 5.41) is 14.2. The fraction of sp³-hybridized carbons (Fsp3) is 0.621. The number of hydrogen-bond acceptors (Lipinski definition) is 10. The van der Waals surface area contributed by atoms with E-state index >= 15 is 0 Å². The highest BCUT2D eigenvalue weighted by atomic mass is 32.2. The van der Waals surface area contributed by atoms with Crippen LogP contribution in [0.25, 0.3) is 21.5 Å². The van der Waals surface area contributed by atoms with E-state index in [0.717, 1.165) is 95.3 Å². The second-order valence-electron chi connectivity index (χ2n) is 22.6. The molecule has 2 aliphatic carbocycles. The van der Waals surface area contributed by atoms with Crippen LogP contribution in [0.5, 0.6) is 11.5 Å². The molecule has 4 aromatic carbocycles. The number of carboxylic acid groups (broad SMARTS) is 1. The molecule has 4 bridgehead atoms. The summed E-state index contributed by atoms with van der Waals surface area (Å²) in [4.78, 5) is 25.3. The molecule has 2 N–H and O–H groups in total. The van der Waals surface area contributed by atoms with Gasteiger partial charge in [0.2, 0.25) is 0 Å². The molecule has 0 amide bonds. The van der Waals surface area contributed by atoms with Crippen LogP contribution in [0.4, 0.5) is 26.3 Å². The van der Waals surface area contributed by atoms with Crippen LogP contribution in [0.15, 0.2) is 60.7 Å². The highest BCUT2D eigenvalue weighted by Crippen LogP contribution is 2.46. The van der Waals surface area contributed by atoms with Gasteiger partial charge in [0.25, 0.3) is 10.1 Å². The van der Waals surface area contributed by atoms with Gasteiger partial charge in [-0.3, -0.25) is 18.7 Å². The molecular weight excluding hydrogens is 1010 g/mol. The third-order valence-corrected chi connectivity index (χ3v) is 17.3. The molecule has 4 heterocycles. The number of carbonyl (C=O) groups is 2. The summed E-state index contributed by atoms with van der Waals surface area (Å²) in [5.41, 5.74) is -0.338. The number of piperidine rings is 4. The predicted octanol–water partition coefficient (Wildman–Crippen LogP) is 13.4. The second-order valence-corrected chi connectivity index (χ2v) is 24.2. The van der Waals surface area contributed by atoms with Gasteiger partial charge >= 0.3 is 24.3 Å². The molecule has 76 heavy (non-hydrogen) atoms. The lowest BCUT2D eigenvalue weighted by Crippen LogP contribution is -2.52. The lowest BCUT2D eigenvalue weighted by molar-refractivity contribution is -0.148.